The highest BCUT2D eigenvalue weighted by Gasteiger charge is 2.32. The van der Waals surface area contributed by atoms with Gasteiger partial charge in [-0.15, -0.1) is 10.2 Å². The lowest BCUT2D eigenvalue weighted by molar-refractivity contribution is 0.0571. The molecule has 35 heavy (non-hydrogen) atoms. The Morgan fingerprint density at radius 3 is 2.14 bits per heavy atom. The largest absolute Gasteiger partial charge is 0.443 e. The number of amides is 2. The quantitative estimate of drug-likeness (QED) is 0.518. The number of nitrogens with two attached hydrogens (primary N) is 1. The number of benzene rings is 2. The van der Waals surface area contributed by atoms with Crippen LogP contribution < -0.4 is 10.6 Å². The second-order valence-electron chi connectivity index (χ2n) is 9.79. The monoisotopic (exact) mass is 482 g/mol. The third-order valence-corrected chi connectivity index (χ3v) is 5.25. The Morgan fingerprint density at radius 1 is 0.943 bits per heavy atom. The fourth-order valence-corrected chi connectivity index (χ4v) is 3.43. The van der Waals surface area contributed by atoms with Gasteiger partial charge in [-0.05, 0) is 68.8 Å². The second-order valence-corrected chi connectivity index (χ2v) is 9.79. The van der Waals surface area contributed by atoms with Crippen LogP contribution in [0.4, 0.5) is 19.4 Å². The molecule has 0 bridgehead atoms. The molecule has 0 radical (unpaired) electrons. The Kier molecular flexibility index (Phi) is 7.19. The number of aromatic nitrogens is 2. The zero-order valence-corrected chi connectivity index (χ0v) is 20.3. The molecule has 0 saturated heterocycles. The zero-order valence-electron chi connectivity index (χ0n) is 20.3. The average molecular weight is 483 g/mol. The fourth-order valence-electron chi connectivity index (χ4n) is 3.43. The van der Waals surface area contributed by atoms with E-state index in [4.69, 9.17) is 10.5 Å². The lowest BCUT2D eigenvalue weighted by atomic mass is 9.84. The number of halogens is 2. The molecule has 0 aliphatic rings. The number of anilines is 1. The van der Waals surface area contributed by atoms with Crippen LogP contribution in [0.2, 0.25) is 0 Å². The van der Waals surface area contributed by atoms with Crippen molar-refractivity contribution < 1.29 is 23.1 Å². The van der Waals surface area contributed by atoms with Gasteiger partial charge in [-0.3, -0.25) is 9.69 Å². The van der Waals surface area contributed by atoms with Crippen molar-refractivity contribution in [2.45, 2.75) is 45.6 Å². The van der Waals surface area contributed by atoms with E-state index in [0.717, 1.165) is 11.6 Å². The number of nitrogens with zero attached hydrogens (tertiary/aromatic N) is 3. The van der Waals surface area contributed by atoms with Crippen molar-refractivity contribution in [1.29, 1.82) is 0 Å². The molecule has 2 N–H and O–H groups in total. The summed E-state index contributed by atoms with van der Waals surface area (Å²) in [5.74, 6) is -1.47. The van der Waals surface area contributed by atoms with Gasteiger partial charge in [0, 0.05) is 23.1 Å². The minimum absolute atomic E-state index is 0.0517. The number of ether oxygens (including phenoxy) is 1. The van der Waals surface area contributed by atoms with Crippen molar-refractivity contribution >= 4 is 17.8 Å². The maximum absolute atomic E-state index is 14.4. The molecule has 9 heteroatoms. The van der Waals surface area contributed by atoms with Crippen LogP contribution in [0.3, 0.4) is 0 Å². The van der Waals surface area contributed by atoms with Crippen molar-refractivity contribution in [2.75, 3.05) is 11.4 Å². The van der Waals surface area contributed by atoms with Crippen LogP contribution in [0.5, 0.6) is 0 Å². The minimum Gasteiger partial charge on any atom is -0.443 e. The Balaban J connectivity index is 1.98. The van der Waals surface area contributed by atoms with E-state index in [9.17, 15) is 18.4 Å². The van der Waals surface area contributed by atoms with Crippen LogP contribution in [0.1, 0.15) is 50.5 Å². The van der Waals surface area contributed by atoms with Gasteiger partial charge in [-0.25, -0.2) is 13.6 Å². The number of primary amides is 1. The summed E-state index contributed by atoms with van der Waals surface area (Å²) < 4.78 is 33.4. The van der Waals surface area contributed by atoms with Gasteiger partial charge in [0.15, 0.2) is 5.82 Å². The summed E-state index contributed by atoms with van der Waals surface area (Å²) in [4.78, 5) is 25.9. The van der Waals surface area contributed by atoms with E-state index in [2.05, 4.69) is 10.2 Å². The third kappa shape index (κ3) is 6.38. The number of carbonyl (C=O) groups is 2. The van der Waals surface area contributed by atoms with Gasteiger partial charge >= 0.3 is 6.09 Å². The van der Waals surface area contributed by atoms with Crippen LogP contribution in [-0.4, -0.2) is 34.3 Å². The number of hydrogen-bond acceptors (Lipinski definition) is 5. The van der Waals surface area contributed by atoms with Crippen molar-refractivity contribution in [1.82, 2.24) is 10.2 Å². The van der Waals surface area contributed by atoms with E-state index in [-0.39, 0.29) is 35.0 Å². The topological polar surface area (TPSA) is 98.4 Å². The van der Waals surface area contributed by atoms with Crippen LogP contribution >= 0.6 is 0 Å². The summed E-state index contributed by atoms with van der Waals surface area (Å²) in [5.41, 5.74) is 5.08. The Bertz CT molecular complexity index is 1220. The van der Waals surface area contributed by atoms with E-state index < -0.39 is 28.8 Å². The smallest absolute Gasteiger partial charge is 0.416 e. The van der Waals surface area contributed by atoms with Gasteiger partial charge in [0.1, 0.15) is 17.2 Å². The predicted octanol–water partition coefficient (Wildman–Crippen LogP) is 5.24. The van der Waals surface area contributed by atoms with Gasteiger partial charge in [0.25, 0.3) is 0 Å². The summed E-state index contributed by atoms with van der Waals surface area (Å²) in [6.45, 7) is 9.20. The average Bonchev–Trinajstić information content (AvgIpc) is 2.77. The van der Waals surface area contributed by atoms with Gasteiger partial charge < -0.3 is 10.5 Å². The zero-order chi connectivity index (χ0) is 26.0. The van der Waals surface area contributed by atoms with Gasteiger partial charge in [-0.2, -0.15) is 0 Å². The molecule has 0 unspecified atom stereocenters. The Morgan fingerprint density at radius 2 is 1.60 bits per heavy atom. The summed E-state index contributed by atoms with van der Waals surface area (Å²) in [7, 11) is 0. The van der Waals surface area contributed by atoms with Crippen LogP contribution in [-0.2, 0) is 10.2 Å². The molecule has 0 aliphatic heterocycles. The molecule has 0 atom stereocenters. The summed E-state index contributed by atoms with van der Waals surface area (Å²) >= 11 is 0. The van der Waals surface area contributed by atoms with Crippen molar-refractivity contribution in [2.24, 2.45) is 5.73 Å². The molecule has 1 aromatic heterocycles. The Hall–Kier alpha value is -3.88. The molecule has 1 heterocycles. The van der Waals surface area contributed by atoms with E-state index in [1.807, 2.05) is 13.8 Å². The number of hydrogen-bond donors (Lipinski definition) is 1. The van der Waals surface area contributed by atoms with E-state index >= 15 is 0 Å². The molecule has 0 saturated carbocycles. The molecule has 3 aromatic rings. The molecule has 3 rings (SSSR count). The predicted molar refractivity (Wildman–Crippen MR) is 129 cm³/mol. The van der Waals surface area contributed by atoms with Crippen molar-refractivity contribution in [3.63, 3.8) is 0 Å². The highest BCUT2D eigenvalue weighted by Crippen LogP contribution is 2.29. The molecule has 184 valence electrons. The highest BCUT2D eigenvalue weighted by molar-refractivity contribution is 5.94. The number of carbonyl (C=O) groups excluding carboxylic acids is 2. The maximum atomic E-state index is 14.4. The first-order valence-electron chi connectivity index (χ1n) is 11.0. The summed E-state index contributed by atoms with van der Waals surface area (Å²) in [6, 6.07) is 12.8. The molecule has 0 fully saturated rings. The van der Waals surface area contributed by atoms with Crippen molar-refractivity contribution in [3.05, 3.63) is 77.4 Å². The first kappa shape index (κ1) is 25.7. The van der Waals surface area contributed by atoms with Gasteiger partial charge in [0.05, 0.1) is 5.69 Å². The fraction of sp³-hybridized carbons (Fsp3) is 0.308. The summed E-state index contributed by atoms with van der Waals surface area (Å²) in [6.07, 6.45) is -0.642. The summed E-state index contributed by atoms with van der Waals surface area (Å²) in [5, 5.41) is 8.23. The third-order valence-electron chi connectivity index (χ3n) is 5.25. The normalized spacial score (nSPS) is 11.7. The molecular weight excluding hydrogens is 454 g/mol. The van der Waals surface area contributed by atoms with E-state index in [1.165, 1.54) is 41.3 Å². The molecule has 2 amide bonds. The molecule has 0 spiro atoms. The van der Waals surface area contributed by atoms with Gasteiger partial charge in [-0.1, -0.05) is 26.0 Å². The lowest BCUT2D eigenvalue weighted by Crippen LogP contribution is -2.44. The van der Waals surface area contributed by atoms with Gasteiger partial charge in [0.2, 0.25) is 5.91 Å². The highest BCUT2D eigenvalue weighted by atomic mass is 19.1. The van der Waals surface area contributed by atoms with Crippen LogP contribution in [0.25, 0.3) is 11.3 Å². The minimum atomic E-state index is -0.763. The first-order chi connectivity index (χ1) is 16.3. The first-order valence-corrected chi connectivity index (χ1v) is 11.0. The van der Waals surface area contributed by atoms with E-state index in [0.29, 0.717) is 0 Å². The lowest BCUT2D eigenvalue weighted by Gasteiger charge is -2.33. The standard InChI is InChI=1S/C26H28F2N4O3/c1-25(2,3)35-24(34)32(15-26(4,5)17-7-9-18(27)10-8-17)22-13-12-21(30-31-22)19-14-16(23(29)33)6-11-20(19)28/h6-14H,15H2,1-5H3,(H2,29,33). The van der Waals surface area contributed by atoms with Crippen LogP contribution in [0, 0.1) is 11.6 Å². The molecular formula is C26H28F2N4O3. The second kappa shape index (κ2) is 9.77. The van der Waals surface area contributed by atoms with Crippen LogP contribution in [0.15, 0.2) is 54.6 Å². The SMILES string of the molecule is CC(C)(C)OC(=O)N(CC(C)(C)c1ccc(F)cc1)c1ccc(-c2cc(C(N)=O)ccc2F)nn1. The Labute approximate surface area is 202 Å². The van der Waals surface area contributed by atoms with E-state index in [1.54, 1.807) is 32.9 Å². The molecule has 0 aliphatic carbocycles. The maximum Gasteiger partial charge on any atom is 0.416 e. The molecule has 7 nitrogen and oxygen atoms in total. The van der Waals surface area contributed by atoms with Crippen molar-refractivity contribution in [3.8, 4) is 11.3 Å². The number of rotatable bonds is 6. The molecule has 2 aromatic carbocycles.